The van der Waals surface area contributed by atoms with Crippen molar-refractivity contribution in [2.45, 2.75) is 26.5 Å². The van der Waals surface area contributed by atoms with Crippen LogP contribution in [0, 0.1) is 10.1 Å². The number of benzene rings is 3. The summed E-state index contributed by atoms with van der Waals surface area (Å²) in [7, 11) is 3.90. The summed E-state index contributed by atoms with van der Waals surface area (Å²) in [6, 6.07) is 20.6. The summed E-state index contributed by atoms with van der Waals surface area (Å²) >= 11 is 1.26. The minimum absolute atomic E-state index is 0.0271. The average molecular weight is 599 g/mol. The monoisotopic (exact) mass is 598 g/mol. The molecule has 0 spiro atoms. The average Bonchev–Trinajstić information content (AvgIpc) is 3.30. The van der Waals surface area contributed by atoms with E-state index < -0.39 is 16.9 Å². The summed E-state index contributed by atoms with van der Waals surface area (Å²) in [4.78, 5) is 44.5. The van der Waals surface area contributed by atoms with Crippen molar-refractivity contribution in [3.8, 4) is 5.75 Å². The van der Waals surface area contributed by atoms with E-state index in [1.807, 2.05) is 55.4 Å². The maximum absolute atomic E-state index is 13.8. The number of allylic oxidation sites excluding steroid dienone is 1. The molecule has 1 aliphatic rings. The van der Waals surface area contributed by atoms with E-state index in [2.05, 4.69) is 4.99 Å². The van der Waals surface area contributed by atoms with Crippen LogP contribution in [0.1, 0.15) is 36.6 Å². The highest BCUT2D eigenvalue weighted by Gasteiger charge is 2.33. The summed E-state index contributed by atoms with van der Waals surface area (Å²) in [5.41, 5.74) is 4.01. The van der Waals surface area contributed by atoms with Gasteiger partial charge < -0.3 is 14.4 Å². The number of hydrogen-bond donors (Lipinski definition) is 0. The lowest BCUT2D eigenvalue weighted by atomic mass is 9.95. The molecule has 43 heavy (non-hydrogen) atoms. The minimum atomic E-state index is -0.677. The van der Waals surface area contributed by atoms with Crippen LogP contribution in [0.2, 0.25) is 0 Å². The Bertz CT molecular complexity index is 1870. The highest BCUT2D eigenvalue weighted by molar-refractivity contribution is 7.07. The number of non-ortho nitro benzene ring substituents is 1. The van der Waals surface area contributed by atoms with Crippen LogP contribution in [0.25, 0.3) is 6.08 Å². The third-order valence-electron chi connectivity index (χ3n) is 6.97. The molecule has 4 aromatic rings. The normalized spacial score (nSPS) is 14.6. The molecule has 1 aromatic heterocycles. The van der Waals surface area contributed by atoms with Crippen molar-refractivity contribution in [2.75, 3.05) is 25.6 Å². The number of hydrogen-bond acceptors (Lipinski definition) is 9. The van der Waals surface area contributed by atoms with E-state index >= 15 is 0 Å². The zero-order valence-electron chi connectivity index (χ0n) is 24.1. The fourth-order valence-corrected chi connectivity index (χ4v) is 5.80. The fraction of sp³-hybridized carbons (Fsp3) is 0.219. The first-order valence-electron chi connectivity index (χ1n) is 13.6. The minimum Gasteiger partial charge on any atom is -0.489 e. The van der Waals surface area contributed by atoms with Crippen LogP contribution in [0.3, 0.4) is 0 Å². The molecule has 2 heterocycles. The molecular weight excluding hydrogens is 568 g/mol. The Morgan fingerprint density at radius 1 is 1.07 bits per heavy atom. The molecule has 10 nitrogen and oxygen atoms in total. The van der Waals surface area contributed by atoms with E-state index in [0.29, 0.717) is 26.4 Å². The Hall–Kier alpha value is -5.03. The fourth-order valence-electron chi connectivity index (χ4n) is 4.75. The van der Waals surface area contributed by atoms with Crippen molar-refractivity contribution in [1.82, 2.24) is 4.57 Å². The second kappa shape index (κ2) is 12.5. The Labute approximate surface area is 251 Å². The second-order valence-corrected chi connectivity index (χ2v) is 11.1. The van der Waals surface area contributed by atoms with Gasteiger partial charge in [-0.05, 0) is 73.0 Å². The van der Waals surface area contributed by atoms with Crippen LogP contribution >= 0.6 is 11.3 Å². The standard InChI is InChI=1S/C32H30N4O6S/c1-5-41-31(38)28-20(2)33-32-35(29(28)23-10-14-24(15-11-23)34(3)4)30(37)27(43-32)18-21-8-16-26(17-9-21)42-19-22-6-12-25(13-7-22)36(39)40/h6-18,29H,5,19H2,1-4H3/b27-18-. The van der Waals surface area contributed by atoms with E-state index in [-0.39, 0.29) is 24.5 Å². The quantitative estimate of drug-likeness (QED) is 0.160. The molecule has 1 aliphatic heterocycles. The number of carbonyl (C=O) groups is 1. The van der Waals surface area contributed by atoms with Crippen molar-refractivity contribution < 1.29 is 19.2 Å². The third-order valence-corrected chi connectivity index (χ3v) is 7.96. The molecule has 0 amide bonds. The van der Waals surface area contributed by atoms with Crippen molar-refractivity contribution >= 4 is 34.8 Å². The number of fused-ring (bicyclic) bond motifs is 1. The van der Waals surface area contributed by atoms with Crippen molar-refractivity contribution in [2.24, 2.45) is 4.99 Å². The van der Waals surface area contributed by atoms with E-state index in [1.165, 1.54) is 23.5 Å². The molecule has 0 radical (unpaired) electrons. The molecule has 0 N–H and O–H groups in total. The Kier molecular flexibility index (Phi) is 8.53. The van der Waals surface area contributed by atoms with E-state index in [1.54, 1.807) is 48.8 Å². The van der Waals surface area contributed by atoms with Crippen molar-refractivity contribution in [1.29, 1.82) is 0 Å². The van der Waals surface area contributed by atoms with Crippen LogP contribution in [0.5, 0.6) is 5.75 Å². The summed E-state index contributed by atoms with van der Waals surface area (Å²) in [5.74, 6) is 0.122. The molecule has 0 fully saturated rings. The molecule has 0 aliphatic carbocycles. The molecule has 220 valence electrons. The summed E-state index contributed by atoms with van der Waals surface area (Å²) in [6.07, 6.45) is 1.79. The molecule has 1 atom stereocenters. The molecule has 0 saturated carbocycles. The van der Waals surface area contributed by atoms with Gasteiger partial charge in [-0.15, -0.1) is 0 Å². The number of carbonyl (C=O) groups excluding carboxylic acids is 1. The second-order valence-electron chi connectivity index (χ2n) is 10.1. The lowest BCUT2D eigenvalue weighted by Gasteiger charge is -2.25. The van der Waals surface area contributed by atoms with Gasteiger partial charge >= 0.3 is 5.97 Å². The maximum Gasteiger partial charge on any atom is 0.338 e. The topological polar surface area (TPSA) is 116 Å². The first kappa shape index (κ1) is 29.5. The zero-order valence-corrected chi connectivity index (χ0v) is 25.0. The zero-order chi connectivity index (χ0) is 30.7. The van der Waals surface area contributed by atoms with Gasteiger partial charge in [0.1, 0.15) is 12.4 Å². The largest absolute Gasteiger partial charge is 0.489 e. The Morgan fingerprint density at radius 3 is 2.35 bits per heavy atom. The molecule has 0 saturated heterocycles. The SMILES string of the molecule is CCOC(=O)C1=C(C)N=c2s/c(=C\c3ccc(OCc4ccc([N+](=O)[O-])cc4)cc3)c(=O)n2C1c1ccc(N(C)C)cc1. The highest BCUT2D eigenvalue weighted by Crippen LogP contribution is 2.31. The number of ether oxygens (including phenoxy) is 2. The van der Waals surface area contributed by atoms with E-state index in [4.69, 9.17) is 9.47 Å². The molecule has 1 unspecified atom stereocenters. The molecule has 11 heteroatoms. The van der Waals surface area contributed by atoms with Gasteiger partial charge in [0.25, 0.3) is 11.2 Å². The predicted molar refractivity (Wildman–Crippen MR) is 165 cm³/mol. The smallest absolute Gasteiger partial charge is 0.338 e. The van der Waals surface area contributed by atoms with E-state index in [0.717, 1.165) is 22.4 Å². The molecule has 3 aromatic carbocycles. The van der Waals surface area contributed by atoms with Gasteiger partial charge in [-0.3, -0.25) is 19.5 Å². The van der Waals surface area contributed by atoms with Gasteiger partial charge in [0, 0.05) is 31.9 Å². The Balaban J connectivity index is 1.45. The van der Waals surface area contributed by atoms with Gasteiger partial charge in [-0.25, -0.2) is 9.79 Å². The van der Waals surface area contributed by atoms with E-state index in [9.17, 15) is 19.7 Å². The van der Waals surface area contributed by atoms with Crippen LogP contribution < -0.4 is 24.5 Å². The number of nitrogens with zero attached hydrogens (tertiary/aromatic N) is 4. The number of anilines is 1. The first-order chi connectivity index (χ1) is 20.7. The van der Waals surface area contributed by atoms with Crippen LogP contribution in [-0.2, 0) is 16.1 Å². The number of rotatable bonds is 9. The molecule has 0 bridgehead atoms. The summed E-state index contributed by atoms with van der Waals surface area (Å²) < 4.78 is 13.2. The third kappa shape index (κ3) is 6.26. The number of nitro groups is 1. The van der Waals surface area contributed by atoms with Gasteiger partial charge in [-0.2, -0.15) is 0 Å². The molecule has 5 rings (SSSR count). The number of nitro benzene ring substituents is 1. The summed E-state index contributed by atoms with van der Waals surface area (Å²) in [5, 5.41) is 10.8. The van der Waals surface area contributed by atoms with Crippen LogP contribution in [0.4, 0.5) is 11.4 Å². The van der Waals surface area contributed by atoms with Crippen LogP contribution in [0.15, 0.2) is 93.9 Å². The lowest BCUT2D eigenvalue weighted by Crippen LogP contribution is -2.39. The van der Waals surface area contributed by atoms with Gasteiger partial charge in [0.15, 0.2) is 4.80 Å². The lowest BCUT2D eigenvalue weighted by molar-refractivity contribution is -0.384. The number of esters is 1. The Morgan fingerprint density at radius 2 is 1.74 bits per heavy atom. The molecular formula is C32H30N4O6S. The predicted octanol–water partition coefficient (Wildman–Crippen LogP) is 4.35. The highest BCUT2D eigenvalue weighted by atomic mass is 32.1. The maximum atomic E-state index is 13.8. The summed E-state index contributed by atoms with van der Waals surface area (Å²) in [6.45, 7) is 3.98. The van der Waals surface area contributed by atoms with Crippen molar-refractivity contribution in [3.05, 3.63) is 131 Å². The van der Waals surface area contributed by atoms with Gasteiger partial charge in [-0.1, -0.05) is 35.6 Å². The van der Waals surface area contributed by atoms with Gasteiger partial charge in [0.2, 0.25) is 0 Å². The van der Waals surface area contributed by atoms with Crippen molar-refractivity contribution in [3.63, 3.8) is 0 Å². The first-order valence-corrected chi connectivity index (χ1v) is 14.4. The van der Waals surface area contributed by atoms with Crippen LogP contribution in [-0.4, -0.2) is 36.2 Å². The number of aromatic nitrogens is 1. The number of thiazole rings is 1. The van der Waals surface area contributed by atoms with Gasteiger partial charge in [0.05, 0.1) is 33.4 Å².